The van der Waals surface area contributed by atoms with E-state index in [-0.39, 0.29) is 11.8 Å². The second-order valence-electron chi connectivity index (χ2n) is 3.32. The lowest BCUT2D eigenvalue weighted by molar-refractivity contribution is -0.175. The van der Waals surface area contributed by atoms with E-state index in [1.807, 2.05) is 0 Å². The van der Waals surface area contributed by atoms with Gasteiger partial charge in [-0.1, -0.05) is 45.7 Å². The van der Waals surface area contributed by atoms with E-state index < -0.39 is 15.3 Å². The van der Waals surface area contributed by atoms with Crippen molar-refractivity contribution in [2.75, 3.05) is 0 Å². The van der Waals surface area contributed by atoms with Crippen LogP contribution in [-0.4, -0.2) is 9.41 Å². The summed E-state index contributed by atoms with van der Waals surface area (Å²) in [6, 6.07) is 0. The minimum absolute atomic E-state index is 0.0362. The molecule has 1 rings (SSSR count). The van der Waals surface area contributed by atoms with Crippen LogP contribution in [0, 0.1) is 17.8 Å². The molecule has 1 aliphatic carbocycles. The number of alkyl halides is 5. The second kappa shape index (κ2) is 2.87. The van der Waals surface area contributed by atoms with Crippen LogP contribution in [0.2, 0.25) is 0 Å². The number of hydrogen-bond donors (Lipinski definition) is 0. The van der Waals surface area contributed by atoms with Gasteiger partial charge in [-0.25, -0.2) is 0 Å². The maximum absolute atomic E-state index is 12.2. The van der Waals surface area contributed by atoms with Crippen LogP contribution in [0.3, 0.4) is 0 Å². The largest absolute Gasteiger partial charge is 0.391 e. The summed E-state index contributed by atoms with van der Waals surface area (Å²) in [5.74, 6) is -1.56. The highest BCUT2D eigenvalue weighted by atomic mass is 79.9. The molecule has 0 amide bonds. The molecule has 0 aliphatic heterocycles. The highest BCUT2D eigenvalue weighted by Crippen LogP contribution is 2.66. The van der Waals surface area contributed by atoms with Crippen LogP contribution < -0.4 is 0 Å². The Balaban J connectivity index is 2.64. The first-order valence-corrected chi connectivity index (χ1v) is 5.22. The van der Waals surface area contributed by atoms with Crippen LogP contribution in [0.15, 0.2) is 0 Å². The first-order valence-electron chi connectivity index (χ1n) is 3.63. The van der Waals surface area contributed by atoms with Crippen LogP contribution in [0.4, 0.5) is 13.2 Å². The normalized spacial score (nSPS) is 36.2. The average molecular weight is 310 g/mol. The summed E-state index contributed by atoms with van der Waals surface area (Å²) >= 11 is 6.46. The summed E-state index contributed by atoms with van der Waals surface area (Å²) in [4.78, 5) is 0. The molecule has 0 aromatic rings. The minimum atomic E-state index is -4.08. The van der Waals surface area contributed by atoms with Gasteiger partial charge in [0.25, 0.3) is 0 Å². The lowest BCUT2D eigenvalue weighted by Crippen LogP contribution is -2.23. The van der Waals surface area contributed by atoms with Crippen molar-refractivity contribution in [1.29, 1.82) is 0 Å². The van der Waals surface area contributed by atoms with Crippen molar-refractivity contribution in [3.63, 3.8) is 0 Å². The monoisotopic (exact) mass is 308 g/mol. The predicted molar refractivity (Wildman–Crippen MR) is 48.5 cm³/mol. The Hall–Kier alpha value is 0.750. The molecule has 1 aliphatic rings. The summed E-state index contributed by atoms with van der Waals surface area (Å²) in [5, 5.41) is 0. The second-order valence-corrected chi connectivity index (χ2v) is 7.01. The molecule has 0 radical (unpaired) electrons. The Morgan fingerprint density at radius 3 is 1.75 bits per heavy atom. The quantitative estimate of drug-likeness (QED) is 0.644. The molecule has 12 heavy (non-hydrogen) atoms. The lowest BCUT2D eigenvalue weighted by Gasteiger charge is -2.15. The first-order chi connectivity index (χ1) is 5.19. The fourth-order valence-electron chi connectivity index (χ4n) is 1.48. The van der Waals surface area contributed by atoms with Crippen LogP contribution in [-0.2, 0) is 0 Å². The van der Waals surface area contributed by atoms with Crippen LogP contribution >= 0.6 is 31.9 Å². The number of hydrogen-bond acceptors (Lipinski definition) is 0. The molecule has 0 spiro atoms. The molecule has 0 nitrogen and oxygen atoms in total. The van der Waals surface area contributed by atoms with Gasteiger partial charge in [-0.2, -0.15) is 13.2 Å². The maximum atomic E-state index is 12.2. The fraction of sp³-hybridized carbons (Fsp3) is 1.00. The fourth-order valence-corrected chi connectivity index (χ4v) is 3.37. The Morgan fingerprint density at radius 2 is 1.67 bits per heavy atom. The Morgan fingerprint density at radius 1 is 1.33 bits per heavy atom. The lowest BCUT2D eigenvalue weighted by atomic mass is 10.1. The van der Waals surface area contributed by atoms with E-state index in [4.69, 9.17) is 0 Å². The van der Waals surface area contributed by atoms with Crippen LogP contribution in [0.25, 0.3) is 0 Å². The van der Waals surface area contributed by atoms with E-state index in [1.165, 1.54) is 6.92 Å². The number of rotatable bonds is 1. The molecule has 0 saturated heterocycles. The van der Waals surface area contributed by atoms with Gasteiger partial charge in [0.15, 0.2) is 0 Å². The van der Waals surface area contributed by atoms with Crippen molar-refractivity contribution in [2.45, 2.75) is 23.3 Å². The summed E-state index contributed by atoms with van der Waals surface area (Å²) in [6.07, 6.45) is -4.08. The summed E-state index contributed by atoms with van der Waals surface area (Å²) in [5.41, 5.74) is 0. The van der Waals surface area contributed by atoms with E-state index in [0.717, 1.165) is 0 Å². The van der Waals surface area contributed by atoms with Crippen molar-refractivity contribution < 1.29 is 13.2 Å². The van der Waals surface area contributed by atoms with Crippen molar-refractivity contribution in [3.05, 3.63) is 0 Å². The third-order valence-corrected chi connectivity index (χ3v) is 5.04. The third kappa shape index (κ3) is 1.67. The molecular formula is C7H9Br2F3. The predicted octanol–water partition coefficient (Wildman–Crippen LogP) is 3.94. The minimum Gasteiger partial charge on any atom is -0.171 e. The molecule has 3 unspecified atom stereocenters. The van der Waals surface area contributed by atoms with Crippen LogP contribution in [0.5, 0.6) is 0 Å². The first kappa shape index (κ1) is 10.8. The molecule has 0 aromatic carbocycles. The van der Waals surface area contributed by atoms with Gasteiger partial charge < -0.3 is 0 Å². The average Bonchev–Trinajstić information content (AvgIpc) is 2.30. The van der Waals surface area contributed by atoms with Crippen molar-refractivity contribution in [2.24, 2.45) is 17.8 Å². The molecule has 1 saturated carbocycles. The van der Waals surface area contributed by atoms with Gasteiger partial charge in [0.1, 0.15) is 0 Å². The van der Waals surface area contributed by atoms with Gasteiger partial charge in [-0.15, -0.1) is 0 Å². The van der Waals surface area contributed by atoms with Crippen molar-refractivity contribution in [3.8, 4) is 0 Å². The molecular weight excluding hydrogens is 301 g/mol. The van der Waals surface area contributed by atoms with Crippen molar-refractivity contribution >= 4 is 31.9 Å². The smallest absolute Gasteiger partial charge is 0.171 e. The molecule has 0 N–H and O–H groups in total. The Bertz CT molecular complexity index is 177. The molecule has 0 heterocycles. The zero-order valence-electron chi connectivity index (χ0n) is 6.62. The Labute approximate surface area is 86.2 Å². The highest BCUT2D eigenvalue weighted by molar-refractivity contribution is 9.25. The highest BCUT2D eigenvalue weighted by Gasteiger charge is 2.65. The molecule has 72 valence electrons. The van der Waals surface area contributed by atoms with E-state index in [1.54, 1.807) is 6.92 Å². The van der Waals surface area contributed by atoms with E-state index in [2.05, 4.69) is 31.9 Å². The third-order valence-electron chi connectivity index (χ3n) is 2.54. The topological polar surface area (TPSA) is 0 Å². The zero-order valence-corrected chi connectivity index (χ0v) is 9.79. The summed E-state index contributed by atoms with van der Waals surface area (Å²) < 4.78 is 36.2. The van der Waals surface area contributed by atoms with E-state index in [0.29, 0.717) is 0 Å². The maximum Gasteiger partial charge on any atom is 0.391 e. The Kier molecular flexibility index (Phi) is 2.59. The molecule has 0 bridgehead atoms. The number of halogens is 5. The van der Waals surface area contributed by atoms with Gasteiger partial charge in [0, 0.05) is 5.92 Å². The van der Waals surface area contributed by atoms with E-state index in [9.17, 15) is 13.2 Å². The molecule has 3 atom stereocenters. The standard InChI is InChI=1S/C7H9Br2F3/c1-3-5(6(3,8)9)4(2)7(10,11)12/h3-5H,1-2H3. The molecule has 1 fully saturated rings. The van der Waals surface area contributed by atoms with Gasteiger partial charge in [0.05, 0.1) is 9.15 Å². The summed E-state index contributed by atoms with van der Waals surface area (Å²) in [6.45, 7) is 3.03. The summed E-state index contributed by atoms with van der Waals surface area (Å²) in [7, 11) is 0. The van der Waals surface area contributed by atoms with Gasteiger partial charge >= 0.3 is 6.18 Å². The van der Waals surface area contributed by atoms with Gasteiger partial charge in [-0.3, -0.25) is 0 Å². The van der Waals surface area contributed by atoms with Crippen molar-refractivity contribution in [1.82, 2.24) is 0 Å². The molecule has 0 aromatic heterocycles. The zero-order chi connectivity index (χ0) is 9.73. The van der Waals surface area contributed by atoms with E-state index >= 15 is 0 Å². The molecule has 5 heteroatoms. The van der Waals surface area contributed by atoms with Gasteiger partial charge in [0.2, 0.25) is 0 Å². The van der Waals surface area contributed by atoms with Crippen LogP contribution in [0.1, 0.15) is 13.8 Å². The SMILES string of the molecule is CC(C1C(C)C1(Br)Br)C(F)(F)F. The van der Waals surface area contributed by atoms with Gasteiger partial charge in [-0.05, 0) is 5.92 Å².